The molecule has 0 bridgehead atoms. The number of hydrogen-bond acceptors (Lipinski definition) is 7. The first-order valence-electron chi connectivity index (χ1n) is 10.5. The van der Waals surface area contributed by atoms with Crippen LogP contribution < -0.4 is 14.8 Å². The fraction of sp³-hybridized carbons (Fsp3) is 0.545. The summed E-state index contributed by atoms with van der Waals surface area (Å²) in [5.41, 5.74) is 3.28. The van der Waals surface area contributed by atoms with Gasteiger partial charge >= 0.3 is 0 Å². The first-order chi connectivity index (χ1) is 14.7. The van der Waals surface area contributed by atoms with E-state index in [0.29, 0.717) is 19.8 Å². The lowest BCUT2D eigenvalue weighted by Crippen LogP contribution is -2.21. The predicted molar refractivity (Wildman–Crippen MR) is 115 cm³/mol. The van der Waals surface area contributed by atoms with Crippen LogP contribution in [-0.4, -0.2) is 61.4 Å². The molecule has 0 aliphatic carbocycles. The number of nitrogens with one attached hydrogen (secondary N) is 1. The number of fused-ring (bicyclic) bond motifs is 3. The Labute approximate surface area is 177 Å². The molecule has 2 N–H and O–H groups in total. The van der Waals surface area contributed by atoms with Crippen molar-refractivity contribution in [3.63, 3.8) is 0 Å². The van der Waals surface area contributed by atoms with Crippen LogP contribution in [0.25, 0.3) is 10.9 Å². The maximum Gasteiger partial charge on any atom is 0.290 e. The number of methoxy groups -OCH3 is 1. The van der Waals surface area contributed by atoms with Crippen LogP contribution in [0.4, 0.5) is 5.82 Å². The second kappa shape index (κ2) is 11.0. The Bertz CT molecular complexity index is 853. The fourth-order valence-corrected chi connectivity index (χ4v) is 4.01. The highest BCUT2D eigenvalue weighted by Crippen LogP contribution is 2.38. The predicted octanol–water partition coefficient (Wildman–Crippen LogP) is 3.27. The summed E-state index contributed by atoms with van der Waals surface area (Å²) in [6.45, 7) is 8.13. The van der Waals surface area contributed by atoms with E-state index in [1.807, 2.05) is 12.1 Å². The Morgan fingerprint density at radius 1 is 1.23 bits per heavy atom. The molecule has 0 atom stereocenters. The lowest BCUT2D eigenvalue weighted by atomic mass is 10.0. The molecule has 164 valence electrons. The van der Waals surface area contributed by atoms with E-state index in [9.17, 15) is 0 Å². The molecule has 8 nitrogen and oxygen atoms in total. The van der Waals surface area contributed by atoms with Crippen LogP contribution in [-0.2, 0) is 22.7 Å². The molecule has 0 spiro atoms. The molecular formula is C22H31N3O5. The van der Waals surface area contributed by atoms with Gasteiger partial charge in [0.25, 0.3) is 6.47 Å². The smallest absolute Gasteiger partial charge is 0.290 e. The van der Waals surface area contributed by atoms with Crippen molar-refractivity contribution in [2.45, 2.75) is 39.4 Å². The molecule has 1 aromatic heterocycles. The number of ether oxygens (including phenoxy) is 3. The minimum Gasteiger partial charge on any atom is -0.493 e. The van der Waals surface area contributed by atoms with Gasteiger partial charge in [-0.1, -0.05) is 0 Å². The van der Waals surface area contributed by atoms with Gasteiger partial charge in [-0.3, -0.25) is 4.79 Å². The summed E-state index contributed by atoms with van der Waals surface area (Å²) < 4.78 is 17.4. The van der Waals surface area contributed by atoms with Crippen molar-refractivity contribution >= 4 is 23.2 Å². The molecule has 0 unspecified atom stereocenters. The Morgan fingerprint density at radius 3 is 2.67 bits per heavy atom. The van der Waals surface area contributed by atoms with Crippen molar-refractivity contribution in [2.24, 2.45) is 0 Å². The second-order valence-electron chi connectivity index (χ2n) is 7.32. The topological polar surface area (TPSA) is 93.2 Å². The number of carboxylic acid groups (broad SMARTS) is 1. The molecule has 0 amide bonds. The molecule has 4 rings (SSSR count). The third-order valence-electron chi connectivity index (χ3n) is 5.40. The summed E-state index contributed by atoms with van der Waals surface area (Å²) in [7, 11) is 1.69. The van der Waals surface area contributed by atoms with Gasteiger partial charge in [-0.05, 0) is 50.9 Å². The lowest BCUT2D eigenvalue weighted by Gasteiger charge is -2.17. The molecular weight excluding hydrogens is 386 g/mol. The van der Waals surface area contributed by atoms with Crippen LogP contribution in [0.5, 0.6) is 11.5 Å². The number of aromatic nitrogens is 1. The van der Waals surface area contributed by atoms with Crippen molar-refractivity contribution in [2.75, 3.05) is 45.2 Å². The fourth-order valence-electron chi connectivity index (χ4n) is 4.01. The Morgan fingerprint density at radius 2 is 1.97 bits per heavy atom. The number of pyridine rings is 1. The third-order valence-corrected chi connectivity index (χ3v) is 5.40. The minimum absolute atomic E-state index is 0.250. The number of anilines is 1. The highest BCUT2D eigenvalue weighted by atomic mass is 16.5. The minimum atomic E-state index is -0.250. The summed E-state index contributed by atoms with van der Waals surface area (Å²) in [6, 6.07) is 4.05. The number of carbonyl (C=O) groups is 1. The van der Waals surface area contributed by atoms with E-state index >= 15 is 0 Å². The number of benzene rings is 1. The first-order valence-corrected chi connectivity index (χ1v) is 10.5. The second-order valence-corrected chi connectivity index (χ2v) is 7.32. The zero-order valence-corrected chi connectivity index (χ0v) is 17.8. The van der Waals surface area contributed by atoms with Crippen molar-refractivity contribution in [1.82, 2.24) is 9.88 Å². The Kier molecular flexibility index (Phi) is 8.10. The van der Waals surface area contributed by atoms with Gasteiger partial charge in [-0.25, -0.2) is 4.98 Å². The standard InChI is InChI=1S/C21H29N3O3.CH2O2/c1-3-22-21-17-14-26-13-16(17)15-11-19(25-2)20(12-18(15)23-21)27-10-6-9-24-7-4-5-8-24;2-1-3/h11-12H,3-10,13-14H2,1-2H3,(H,22,23);1H,(H,2,3). The SMILES string of the molecule is CCNc1nc2cc(OCCCN3CCCC3)c(OC)cc2c2c1COC2.O=CO. The van der Waals surface area contributed by atoms with Crippen LogP contribution in [0.1, 0.15) is 37.3 Å². The zero-order valence-electron chi connectivity index (χ0n) is 17.8. The monoisotopic (exact) mass is 417 g/mol. The van der Waals surface area contributed by atoms with Gasteiger partial charge in [0.15, 0.2) is 11.5 Å². The summed E-state index contributed by atoms with van der Waals surface area (Å²) in [5.74, 6) is 2.44. The molecule has 8 heteroatoms. The quantitative estimate of drug-likeness (QED) is 0.499. The number of likely N-dealkylation sites (tertiary alicyclic amines) is 1. The summed E-state index contributed by atoms with van der Waals surface area (Å²) in [6.07, 6.45) is 3.68. The zero-order chi connectivity index (χ0) is 21.3. The van der Waals surface area contributed by atoms with Gasteiger partial charge in [-0.2, -0.15) is 0 Å². The third kappa shape index (κ3) is 5.12. The van der Waals surface area contributed by atoms with E-state index in [-0.39, 0.29) is 6.47 Å². The van der Waals surface area contributed by atoms with Crippen LogP contribution in [0, 0.1) is 0 Å². The average Bonchev–Trinajstić information content (AvgIpc) is 3.44. The van der Waals surface area contributed by atoms with E-state index in [0.717, 1.165) is 53.3 Å². The first kappa shape index (κ1) is 22.1. The maximum atomic E-state index is 8.36. The van der Waals surface area contributed by atoms with Crippen molar-refractivity contribution < 1.29 is 24.1 Å². The van der Waals surface area contributed by atoms with Crippen LogP contribution in [0.15, 0.2) is 12.1 Å². The lowest BCUT2D eigenvalue weighted by molar-refractivity contribution is -0.122. The maximum absolute atomic E-state index is 8.36. The number of rotatable bonds is 8. The molecule has 1 aromatic carbocycles. The van der Waals surface area contributed by atoms with Gasteiger partial charge in [0.1, 0.15) is 5.82 Å². The van der Waals surface area contributed by atoms with Crippen LogP contribution >= 0.6 is 0 Å². The molecule has 1 saturated heterocycles. The van der Waals surface area contributed by atoms with Crippen molar-refractivity contribution in [3.8, 4) is 11.5 Å². The molecule has 3 heterocycles. The molecule has 0 saturated carbocycles. The average molecular weight is 418 g/mol. The van der Waals surface area contributed by atoms with Gasteiger partial charge in [0.2, 0.25) is 0 Å². The van der Waals surface area contributed by atoms with Crippen molar-refractivity contribution in [3.05, 3.63) is 23.3 Å². The van der Waals surface area contributed by atoms with Crippen LogP contribution in [0.3, 0.4) is 0 Å². The molecule has 1 fully saturated rings. The van der Waals surface area contributed by atoms with Crippen molar-refractivity contribution in [1.29, 1.82) is 0 Å². The molecule has 2 aliphatic rings. The largest absolute Gasteiger partial charge is 0.493 e. The van der Waals surface area contributed by atoms with Gasteiger partial charge in [0, 0.05) is 30.1 Å². The highest BCUT2D eigenvalue weighted by Gasteiger charge is 2.22. The normalized spacial score (nSPS) is 15.4. The molecule has 2 aromatic rings. The van der Waals surface area contributed by atoms with Gasteiger partial charge in [-0.15, -0.1) is 0 Å². The summed E-state index contributed by atoms with van der Waals surface area (Å²) in [5, 5.41) is 11.3. The molecule has 30 heavy (non-hydrogen) atoms. The Hall–Kier alpha value is -2.58. The number of nitrogens with zero attached hydrogens (tertiary/aromatic N) is 2. The van der Waals surface area contributed by atoms with E-state index in [4.69, 9.17) is 29.1 Å². The van der Waals surface area contributed by atoms with E-state index < -0.39 is 0 Å². The number of hydrogen-bond donors (Lipinski definition) is 2. The molecule has 0 radical (unpaired) electrons. The van der Waals surface area contributed by atoms with Gasteiger partial charge in [0.05, 0.1) is 32.4 Å². The van der Waals surface area contributed by atoms with E-state index in [1.165, 1.54) is 31.5 Å². The Balaban J connectivity index is 0.000000806. The van der Waals surface area contributed by atoms with E-state index in [2.05, 4.69) is 17.1 Å². The van der Waals surface area contributed by atoms with Gasteiger partial charge < -0.3 is 29.5 Å². The highest BCUT2D eigenvalue weighted by molar-refractivity contribution is 5.89. The van der Waals surface area contributed by atoms with Crippen LogP contribution in [0.2, 0.25) is 0 Å². The summed E-state index contributed by atoms with van der Waals surface area (Å²) in [4.78, 5) is 15.7. The summed E-state index contributed by atoms with van der Waals surface area (Å²) >= 11 is 0. The van der Waals surface area contributed by atoms with E-state index in [1.54, 1.807) is 7.11 Å². The molecule has 2 aliphatic heterocycles.